The zero-order valence-electron chi connectivity index (χ0n) is 13.5. The van der Waals surface area contributed by atoms with E-state index < -0.39 is 0 Å². The summed E-state index contributed by atoms with van der Waals surface area (Å²) in [7, 11) is 0. The molecular weight excluding hydrogens is 341 g/mol. The first-order valence-electron chi connectivity index (χ1n) is 7.64. The lowest BCUT2D eigenvalue weighted by Crippen LogP contribution is -2.24. The van der Waals surface area contributed by atoms with Gasteiger partial charge in [0.1, 0.15) is 5.82 Å². The maximum Gasteiger partial charge on any atom is 0.277 e. The molecule has 7 heteroatoms. The Morgan fingerprint density at radius 2 is 1.84 bits per heavy atom. The van der Waals surface area contributed by atoms with Crippen molar-refractivity contribution in [3.8, 4) is 11.5 Å². The van der Waals surface area contributed by atoms with Gasteiger partial charge in [-0.25, -0.2) is 4.39 Å². The van der Waals surface area contributed by atoms with Crippen LogP contribution in [0.4, 0.5) is 4.39 Å². The smallest absolute Gasteiger partial charge is 0.277 e. The van der Waals surface area contributed by atoms with E-state index in [1.165, 1.54) is 17.7 Å². The average Bonchev–Trinajstić information content (AvgIpc) is 3.09. The highest BCUT2D eigenvalue weighted by Crippen LogP contribution is 2.23. The van der Waals surface area contributed by atoms with E-state index in [0.717, 1.165) is 17.3 Å². The van der Waals surface area contributed by atoms with Crippen LogP contribution < -0.4 is 5.32 Å². The van der Waals surface area contributed by atoms with E-state index in [1.807, 2.05) is 31.2 Å². The summed E-state index contributed by atoms with van der Waals surface area (Å²) in [5.74, 6) is 0.0227. The molecule has 0 atom stereocenters. The first-order valence-corrected chi connectivity index (χ1v) is 8.63. The molecule has 0 radical (unpaired) electrons. The zero-order chi connectivity index (χ0) is 17.6. The molecule has 1 amide bonds. The van der Waals surface area contributed by atoms with Gasteiger partial charge in [-0.05, 0) is 36.8 Å². The number of halogens is 1. The Morgan fingerprint density at radius 1 is 1.12 bits per heavy atom. The molecule has 1 heterocycles. The van der Waals surface area contributed by atoms with Crippen LogP contribution in [0.3, 0.4) is 0 Å². The second-order valence-electron chi connectivity index (χ2n) is 5.43. The van der Waals surface area contributed by atoms with Crippen molar-refractivity contribution in [3.63, 3.8) is 0 Å². The molecule has 128 valence electrons. The maximum absolute atomic E-state index is 12.9. The molecule has 0 aliphatic carbocycles. The van der Waals surface area contributed by atoms with Crippen molar-refractivity contribution in [1.29, 1.82) is 0 Å². The molecule has 0 fully saturated rings. The highest BCUT2D eigenvalue weighted by molar-refractivity contribution is 7.99. The molecule has 5 nitrogen and oxygen atoms in total. The number of nitrogens with zero attached hydrogens (tertiary/aromatic N) is 2. The Hall–Kier alpha value is -2.67. The lowest BCUT2D eigenvalue weighted by atomic mass is 10.1. The van der Waals surface area contributed by atoms with Crippen LogP contribution in [-0.2, 0) is 11.3 Å². The first-order chi connectivity index (χ1) is 12.1. The fraction of sp³-hybridized carbons (Fsp3) is 0.167. The van der Waals surface area contributed by atoms with Gasteiger partial charge in [0.05, 0.1) is 5.75 Å². The van der Waals surface area contributed by atoms with E-state index in [2.05, 4.69) is 15.5 Å². The molecule has 1 N–H and O–H groups in total. The minimum Gasteiger partial charge on any atom is -0.411 e. The number of amides is 1. The van der Waals surface area contributed by atoms with Crippen molar-refractivity contribution in [2.75, 3.05) is 5.75 Å². The first kappa shape index (κ1) is 17.2. The monoisotopic (exact) mass is 357 g/mol. The molecule has 0 unspecified atom stereocenters. The largest absolute Gasteiger partial charge is 0.411 e. The summed E-state index contributed by atoms with van der Waals surface area (Å²) < 4.78 is 18.4. The van der Waals surface area contributed by atoms with Crippen LogP contribution in [0.15, 0.2) is 58.2 Å². The Bertz CT molecular complexity index is 848. The third-order valence-corrected chi connectivity index (χ3v) is 4.25. The minimum absolute atomic E-state index is 0.118. The van der Waals surface area contributed by atoms with Crippen molar-refractivity contribution in [2.45, 2.75) is 18.7 Å². The quantitative estimate of drug-likeness (QED) is 0.683. The fourth-order valence-corrected chi connectivity index (χ4v) is 2.66. The van der Waals surface area contributed by atoms with Gasteiger partial charge in [0, 0.05) is 12.1 Å². The number of hydrogen-bond donors (Lipinski definition) is 1. The van der Waals surface area contributed by atoms with Crippen LogP contribution >= 0.6 is 11.8 Å². The van der Waals surface area contributed by atoms with Crippen molar-refractivity contribution < 1.29 is 13.6 Å². The predicted octanol–water partition coefficient (Wildman–Crippen LogP) is 3.59. The van der Waals surface area contributed by atoms with E-state index >= 15 is 0 Å². The van der Waals surface area contributed by atoms with Crippen LogP contribution in [-0.4, -0.2) is 21.9 Å². The predicted molar refractivity (Wildman–Crippen MR) is 93.4 cm³/mol. The summed E-state index contributed by atoms with van der Waals surface area (Å²) in [6.07, 6.45) is 0. The molecule has 25 heavy (non-hydrogen) atoms. The van der Waals surface area contributed by atoms with Crippen LogP contribution in [0.5, 0.6) is 0 Å². The standard InChI is InChI=1S/C18H16FN3O2S/c1-12-2-4-13(5-3-12)10-20-16(23)11-25-18-22-21-17(24-18)14-6-8-15(19)9-7-14/h2-9H,10-11H2,1H3,(H,20,23). The van der Waals surface area contributed by atoms with Crippen LogP contribution in [0.2, 0.25) is 0 Å². The summed E-state index contributed by atoms with van der Waals surface area (Å²) in [5.41, 5.74) is 2.85. The normalized spacial score (nSPS) is 10.6. The minimum atomic E-state index is -0.330. The van der Waals surface area contributed by atoms with E-state index in [1.54, 1.807) is 12.1 Å². The van der Waals surface area contributed by atoms with Gasteiger partial charge in [-0.15, -0.1) is 10.2 Å². The Kier molecular flexibility index (Phi) is 5.45. The van der Waals surface area contributed by atoms with Crippen molar-refractivity contribution >= 4 is 17.7 Å². The Balaban J connectivity index is 1.49. The number of hydrogen-bond acceptors (Lipinski definition) is 5. The highest BCUT2D eigenvalue weighted by atomic mass is 32.2. The van der Waals surface area contributed by atoms with Gasteiger partial charge in [0.15, 0.2) is 0 Å². The fourth-order valence-electron chi connectivity index (χ4n) is 2.06. The molecule has 1 aromatic heterocycles. The second-order valence-corrected chi connectivity index (χ2v) is 6.36. The van der Waals surface area contributed by atoms with Gasteiger partial charge in [0.25, 0.3) is 5.22 Å². The Morgan fingerprint density at radius 3 is 2.56 bits per heavy atom. The van der Waals surface area contributed by atoms with Gasteiger partial charge in [-0.2, -0.15) is 0 Å². The van der Waals surface area contributed by atoms with E-state index in [0.29, 0.717) is 23.2 Å². The average molecular weight is 357 g/mol. The number of aryl methyl sites for hydroxylation is 1. The molecule has 0 saturated heterocycles. The number of nitrogens with one attached hydrogen (secondary N) is 1. The van der Waals surface area contributed by atoms with Crippen LogP contribution in [0, 0.1) is 12.7 Å². The van der Waals surface area contributed by atoms with Gasteiger partial charge in [0.2, 0.25) is 11.8 Å². The summed E-state index contributed by atoms with van der Waals surface area (Å²) in [5, 5.41) is 10.9. The van der Waals surface area contributed by atoms with Crippen LogP contribution in [0.1, 0.15) is 11.1 Å². The number of rotatable bonds is 6. The summed E-state index contributed by atoms with van der Waals surface area (Å²) in [6, 6.07) is 13.7. The zero-order valence-corrected chi connectivity index (χ0v) is 14.3. The molecule has 0 spiro atoms. The SMILES string of the molecule is Cc1ccc(CNC(=O)CSc2nnc(-c3ccc(F)cc3)o2)cc1. The lowest BCUT2D eigenvalue weighted by Gasteiger charge is -2.04. The van der Waals surface area contributed by atoms with E-state index in [-0.39, 0.29) is 17.5 Å². The molecule has 3 rings (SSSR count). The van der Waals surface area contributed by atoms with Crippen LogP contribution in [0.25, 0.3) is 11.5 Å². The Labute approximate surface area is 148 Å². The van der Waals surface area contributed by atoms with Crippen molar-refractivity contribution in [1.82, 2.24) is 15.5 Å². The number of carbonyl (C=O) groups is 1. The maximum atomic E-state index is 12.9. The number of aromatic nitrogens is 2. The van der Waals surface area contributed by atoms with Gasteiger partial charge in [-0.1, -0.05) is 41.6 Å². The van der Waals surface area contributed by atoms with Crippen molar-refractivity contribution in [2.24, 2.45) is 0 Å². The van der Waals surface area contributed by atoms with E-state index in [4.69, 9.17) is 4.42 Å². The molecule has 0 saturated carbocycles. The molecule has 3 aromatic rings. The molecule has 0 bridgehead atoms. The summed E-state index contributed by atoms with van der Waals surface area (Å²) in [6.45, 7) is 2.49. The third kappa shape index (κ3) is 4.90. The number of benzene rings is 2. The molecule has 0 aliphatic heterocycles. The van der Waals surface area contributed by atoms with Gasteiger partial charge in [-0.3, -0.25) is 4.79 Å². The number of thioether (sulfide) groups is 1. The van der Waals surface area contributed by atoms with E-state index in [9.17, 15) is 9.18 Å². The van der Waals surface area contributed by atoms with Gasteiger partial charge >= 0.3 is 0 Å². The molecule has 2 aromatic carbocycles. The molecular formula is C18H16FN3O2S. The second kappa shape index (κ2) is 7.94. The topological polar surface area (TPSA) is 68.0 Å². The third-order valence-electron chi connectivity index (χ3n) is 3.43. The summed E-state index contributed by atoms with van der Waals surface area (Å²) >= 11 is 1.16. The van der Waals surface area contributed by atoms with Crippen molar-refractivity contribution in [3.05, 3.63) is 65.5 Å². The lowest BCUT2D eigenvalue weighted by molar-refractivity contribution is -0.118. The van der Waals surface area contributed by atoms with Gasteiger partial charge < -0.3 is 9.73 Å². The highest BCUT2D eigenvalue weighted by Gasteiger charge is 2.11. The number of carbonyl (C=O) groups excluding carboxylic acids is 1. The summed E-state index contributed by atoms with van der Waals surface area (Å²) in [4.78, 5) is 11.9. The molecule has 0 aliphatic rings.